The van der Waals surface area contributed by atoms with Gasteiger partial charge in [0.15, 0.2) is 0 Å². The van der Waals surface area contributed by atoms with Crippen molar-refractivity contribution in [3.8, 4) is 0 Å². The third-order valence-corrected chi connectivity index (χ3v) is 3.19. The first-order valence-corrected chi connectivity index (χ1v) is 6.61. The summed E-state index contributed by atoms with van der Waals surface area (Å²) in [4.78, 5) is 22.1. The molecule has 0 unspecified atom stereocenters. The number of rotatable bonds is 4. The molecule has 116 valence electrons. The van der Waals surface area contributed by atoms with Gasteiger partial charge in [-0.2, -0.15) is 5.10 Å². The van der Waals surface area contributed by atoms with Crippen molar-refractivity contribution in [2.75, 3.05) is 5.32 Å². The molecule has 2 amide bonds. The molecule has 0 aliphatic carbocycles. The van der Waals surface area contributed by atoms with Gasteiger partial charge in [-0.1, -0.05) is 0 Å². The lowest BCUT2D eigenvalue weighted by atomic mass is 9.98. The number of nitrogens with one attached hydrogen (secondary N) is 2. The van der Waals surface area contributed by atoms with Crippen LogP contribution in [0.3, 0.4) is 0 Å². The number of carbonyl (C=O) groups is 1. The first-order chi connectivity index (χ1) is 10.3. The molecule has 8 nitrogen and oxygen atoms in total. The molecule has 0 spiro atoms. The van der Waals surface area contributed by atoms with Gasteiger partial charge in [-0.3, -0.25) is 14.8 Å². The van der Waals surface area contributed by atoms with Crippen LogP contribution in [0.25, 0.3) is 0 Å². The van der Waals surface area contributed by atoms with E-state index in [9.17, 15) is 14.9 Å². The van der Waals surface area contributed by atoms with E-state index in [1.165, 1.54) is 24.3 Å². The summed E-state index contributed by atoms with van der Waals surface area (Å²) >= 11 is 0. The van der Waals surface area contributed by atoms with Crippen molar-refractivity contribution < 1.29 is 9.72 Å². The van der Waals surface area contributed by atoms with Gasteiger partial charge >= 0.3 is 6.03 Å². The fraction of sp³-hybridized carbons (Fsp3) is 0.286. The Balaban J connectivity index is 2.01. The number of hydrogen-bond donors (Lipinski definition) is 2. The first-order valence-electron chi connectivity index (χ1n) is 6.61. The first kappa shape index (κ1) is 15.5. The average molecular weight is 303 g/mol. The van der Waals surface area contributed by atoms with Gasteiger partial charge in [-0.15, -0.1) is 0 Å². The molecule has 8 heteroatoms. The van der Waals surface area contributed by atoms with E-state index in [4.69, 9.17) is 0 Å². The Labute approximate surface area is 127 Å². The number of hydrogen-bond acceptors (Lipinski definition) is 4. The summed E-state index contributed by atoms with van der Waals surface area (Å²) in [5, 5.41) is 20.1. The number of nitro groups is 1. The van der Waals surface area contributed by atoms with Gasteiger partial charge in [0, 0.05) is 36.6 Å². The van der Waals surface area contributed by atoms with Crippen LogP contribution < -0.4 is 10.6 Å². The molecular formula is C14H17N5O3. The number of nitrogens with zero attached hydrogens (tertiary/aromatic N) is 3. The van der Waals surface area contributed by atoms with Crippen molar-refractivity contribution in [1.29, 1.82) is 0 Å². The predicted octanol–water partition coefficient (Wildman–Crippen LogP) is 2.39. The van der Waals surface area contributed by atoms with Crippen LogP contribution in [0.5, 0.6) is 0 Å². The third-order valence-electron chi connectivity index (χ3n) is 3.19. The molecule has 1 heterocycles. The number of aryl methyl sites for hydroxylation is 1. The standard InChI is InChI=1S/C14H17N5O3/c1-14(2,10-8-15-18(3)9-10)17-13(20)16-11-4-6-12(7-5-11)19(21)22/h4-9H,1-3H3,(H2,16,17,20). The Kier molecular flexibility index (Phi) is 4.11. The predicted molar refractivity (Wildman–Crippen MR) is 81.5 cm³/mol. The zero-order chi connectivity index (χ0) is 16.3. The Morgan fingerprint density at radius 1 is 1.32 bits per heavy atom. The Bertz CT molecular complexity index is 691. The maximum Gasteiger partial charge on any atom is 0.319 e. The summed E-state index contributed by atoms with van der Waals surface area (Å²) in [5.41, 5.74) is 0.722. The van der Waals surface area contributed by atoms with Gasteiger partial charge in [0.05, 0.1) is 16.7 Å². The molecule has 2 aromatic rings. The summed E-state index contributed by atoms with van der Waals surface area (Å²) < 4.78 is 1.66. The second kappa shape index (κ2) is 5.84. The van der Waals surface area contributed by atoms with E-state index in [0.29, 0.717) is 5.69 Å². The molecule has 1 aromatic carbocycles. The minimum atomic E-state index is -0.598. The van der Waals surface area contributed by atoms with Crippen LogP contribution in [0.4, 0.5) is 16.2 Å². The van der Waals surface area contributed by atoms with Crippen LogP contribution in [0, 0.1) is 10.1 Å². The Morgan fingerprint density at radius 2 is 1.95 bits per heavy atom. The minimum absolute atomic E-state index is 0.0263. The number of carbonyl (C=O) groups excluding carboxylic acids is 1. The highest BCUT2D eigenvalue weighted by Gasteiger charge is 2.24. The van der Waals surface area contributed by atoms with Gasteiger partial charge in [0.25, 0.3) is 5.69 Å². The Morgan fingerprint density at radius 3 is 2.45 bits per heavy atom. The summed E-state index contributed by atoms with van der Waals surface area (Å²) in [5.74, 6) is 0. The van der Waals surface area contributed by atoms with Crippen LogP contribution in [0.1, 0.15) is 19.4 Å². The van der Waals surface area contributed by atoms with Crippen molar-refractivity contribution in [3.05, 3.63) is 52.3 Å². The smallest absolute Gasteiger partial charge is 0.319 e. The van der Waals surface area contributed by atoms with Crippen molar-refractivity contribution in [2.45, 2.75) is 19.4 Å². The highest BCUT2D eigenvalue weighted by Crippen LogP contribution is 2.20. The molecule has 0 saturated carbocycles. The fourth-order valence-electron chi connectivity index (χ4n) is 1.93. The monoisotopic (exact) mass is 303 g/mol. The molecule has 0 fully saturated rings. The van der Waals surface area contributed by atoms with Gasteiger partial charge in [0.1, 0.15) is 0 Å². The van der Waals surface area contributed by atoms with E-state index in [0.717, 1.165) is 5.56 Å². The second-order valence-electron chi connectivity index (χ2n) is 5.41. The largest absolute Gasteiger partial charge is 0.329 e. The lowest BCUT2D eigenvalue weighted by Crippen LogP contribution is -2.43. The molecule has 2 N–H and O–H groups in total. The van der Waals surface area contributed by atoms with Gasteiger partial charge in [-0.05, 0) is 26.0 Å². The summed E-state index contributed by atoms with van der Waals surface area (Å²) in [6.45, 7) is 3.72. The van der Waals surface area contributed by atoms with E-state index in [-0.39, 0.29) is 5.69 Å². The van der Waals surface area contributed by atoms with Crippen molar-refractivity contribution in [2.24, 2.45) is 7.05 Å². The molecule has 2 rings (SSSR count). The van der Waals surface area contributed by atoms with E-state index < -0.39 is 16.5 Å². The minimum Gasteiger partial charge on any atom is -0.329 e. The molecule has 0 bridgehead atoms. The van der Waals surface area contributed by atoms with Gasteiger partial charge < -0.3 is 10.6 Å². The number of benzene rings is 1. The highest BCUT2D eigenvalue weighted by atomic mass is 16.6. The maximum absolute atomic E-state index is 12.0. The second-order valence-corrected chi connectivity index (χ2v) is 5.41. The maximum atomic E-state index is 12.0. The molecule has 22 heavy (non-hydrogen) atoms. The molecule has 0 aliphatic rings. The van der Waals surface area contributed by atoms with Crippen LogP contribution in [-0.2, 0) is 12.6 Å². The van der Waals surface area contributed by atoms with Crippen molar-refractivity contribution in [1.82, 2.24) is 15.1 Å². The normalized spacial score (nSPS) is 11.0. The number of anilines is 1. The molecule has 0 atom stereocenters. The van der Waals surface area contributed by atoms with Crippen LogP contribution in [0.2, 0.25) is 0 Å². The van der Waals surface area contributed by atoms with E-state index >= 15 is 0 Å². The third kappa shape index (κ3) is 3.60. The molecule has 0 radical (unpaired) electrons. The summed E-state index contributed by atoms with van der Waals surface area (Å²) in [6.07, 6.45) is 3.51. The van der Waals surface area contributed by atoms with Crippen molar-refractivity contribution in [3.63, 3.8) is 0 Å². The van der Waals surface area contributed by atoms with E-state index in [2.05, 4.69) is 15.7 Å². The fourth-order valence-corrected chi connectivity index (χ4v) is 1.93. The van der Waals surface area contributed by atoms with Crippen molar-refractivity contribution >= 4 is 17.4 Å². The molecular weight excluding hydrogens is 286 g/mol. The van der Waals surface area contributed by atoms with E-state index in [1.807, 2.05) is 20.0 Å². The zero-order valence-corrected chi connectivity index (χ0v) is 12.5. The molecule has 1 aromatic heterocycles. The zero-order valence-electron chi connectivity index (χ0n) is 12.5. The topological polar surface area (TPSA) is 102 Å². The Hall–Kier alpha value is -2.90. The summed E-state index contributed by atoms with van der Waals surface area (Å²) in [7, 11) is 1.80. The number of nitro benzene ring substituents is 1. The van der Waals surface area contributed by atoms with Gasteiger partial charge in [-0.25, -0.2) is 4.79 Å². The average Bonchev–Trinajstić information content (AvgIpc) is 2.86. The lowest BCUT2D eigenvalue weighted by molar-refractivity contribution is -0.384. The van der Waals surface area contributed by atoms with Crippen LogP contribution in [-0.4, -0.2) is 20.7 Å². The quantitative estimate of drug-likeness (QED) is 0.668. The highest BCUT2D eigenvalue weighted by molar-refractivity contribution is 5.89. The number of aromatic nitrogens is 2. The van der Waals surface area contributed by atoms with Gasteiger partial charge in [0.2, 0.25) is 0 Å². The molecule has 0 saturated heterocycles. The number of urea groups is 1. The summed E-state index contributed by atoms with van der Waals surface area (Å²) in [6, 6.07) is 5.23. The van der Waals surface area contributed by atoms with E-state index in [1.54, 1.807) is 17.9 Å². The molecule has 0 aliphatic heterocycles. The van der Waals surface area contributed by atoms with Crippen LogP contribution >= 0.6 is 0 Å². The SMILES string of the molecule is Cn1cc(C(C)(C)NC(=O)Nc2ccc([N+](=O)[O-])cc2)cn1. The lowest BCUT2D eigenvalue weighted by Gasteiger charge is -2.25. The number of amides is 2. The van der Waals surface area contributed by atoms with Crippen LogP contribution in [0.15, 0.2) is 36.7 Å². The number of non-ortho nitro benzene ring substituents is 1.